The lowest BCUT2D eigenvalue weighted by Gasteiger charge is -2.32. The van der Waals surface area contributed by atoms with Gasteiger partial charge in [-0.3, -0.25) is 10.1 Å². The summed E-state index contributed by atoms with van der Waals surface area (Å²) in [6.07, 6.45) is 1.83. The van der Waals surface area contributed by atoms with E-state index in [-0.39, 0.29) is 17.2 Å². The van der Waals surface area contributed by atoms with Crippen LogP contribution in [0.15, 0.2) is 11.5 Å². The fourth-order valence-corrected chi connectivity index (χ4v) is 1.99. The molecule has 0 bridgehead atoms. The van der Waals surface area contributed by atoms with Crippen molar-refractivity contribution in [2.75, 3.05) is 13.7 Å². The summed E-state index contributed by atoms with van der Waals surface area (Å²) >= 11 is 0. The van der Waals surface area contributed by atoms with Gasteiger partial charge in [-0.1, -0.05) is 6.08 Å². The zero-order valence-electron chi connectivity index (χ0n) is 11.6. The Morgan fingerprint density at radius 2 is 1.94 bits per heavy atom. The number of hydrogen-bond donors (Lipinski definition) is 1. The minimum atomic E-state index is -0.399. The molecule has 18 heavy (non-hydrogen) atoms. The number of rotatable bonds is 2. The molecule has 1 atom stereocenters. The zero-order valence-corrected chi connectivity index (χ0v) is 11.6. The van der Waals surface area contributed by atoms with Gasteiger partial charge in [-0.05, 0) is 33.2 Å². The summed E-state index contributed by atoms with van der Waals surface area (Å²) in [5, 5.41) is 3.06. The molecule has 0 saturated carbocycles. The van der Waals surface area contributed by atoms with Crippen molar-refractivity contribution >= 4 is 13.1 Å². The van der Waals surface area contributed by atoms with Crippen molar-refractivity contribution in [2.24, 2.45) is 0 Å². The van der Waals surface area contributed by atoms with Crippen molar-refractivity contribution in [3.05, 3.63) is 11.5 Å². The van der Waals surface area contributed by atoms with E-state index in [1.54, 1.807) is 0 Å². The first-order valence-electron chi connectivity index (χ1n) is 6.14. The molecule has 0 amide bonds. The average Bonchev–Trinajstić information content (AvgIpc) is 2.82. The van der Waals surface area contributed by atoms with Gasteiger partial charge in [0.05, 0.1) is 18.3 Å². The third-order valence-corrected chi connectivity index (χ3v) is 3.92. The third kappa shape index (κ3) is 2.20. The molecule has 0 aromatic rings. The van der Waals surface area contributed by atoms with E-state index in [1.807, 2.05) is 33.8 Å². The Balaban J connectivity index is 2.10. The topological polar surface area (TPSA) is 56.8 Å². The van der Waals surface area contributed by atoms with Crippen LogP contribution < -0.4 is 5.32 Å². The molecule has 2 heterocycles. The Labute approximate surface area is 108 Å². The van der Waals surface area contributed by atoms with Crippen molar-refractivity contribution < 1.29 is 18.8 Å². The molecule has 1 fully saturated rings. The highest BCUT2D eigenvalue weighted by Gasteiger charge is 2.53. The lowest BCUT2D eigenvalue weighted by atomic mass is 9.78. The van der Waals surface area contributed by atoms with E-state index in [4.69, 9.17) is 14.0 Å². The molecule has 2 aliphatic rings. The third-order valence-electron chi connectivity index (χ3n) is 3.92. The minimum absolute atomic E-state index is 0.290. The Morgan fingerprint density at radius 3 is 2.44 bits per heavy atom. The van der Waals surface area contributed by atoms with Crippen LogP contribution in [0.1, 0.15) is 27.7 Å². The molecule has 100 valence electrons. The molecule has 5 nitrogen and oxygen atoms in total. The van der Waals surface area contributed by atoms with E-state index in [0.29, 0.717) is 6.54 Å². The van der Waals surface area contributed by atoms with Gasteiger partial charge in [0, 0.05) is 6.54 Å². The molecule has 0 aliphatic carbocycles. The van der Waals surface area contributed by atoms with Crippen molar-refractivity contribution in [1.29, 1.82) is 0 Å². The zero-order chi connectivity index (χ0) is 13.6. The first-order chi connectivity index (χ1) is 8.27. The van der Waals surface area contributed by atoms with Gasteiger partial charge in [0.15, 0.2) is 0 Å². The van der Waals surface area contributed by atoms with E-state index >= 15 is 0 Å². The summed E-state index contributed by atoms with van der Waals surface area (Å²) in [5.41, 5.74) is 0.230. The molecule has 0 aromatic carbocycles. The van der Waals surface area contributed by atoms with Crippen LogP contribution in [-0.2, 0) is 18.8 Å². The van der Waals surface area contributed by atoms with E-state index in [9.17, 15) is 4.79 Å². The maximum absolute atomic E-state index is 11.4. The summed E-state index contributed by atoms with van der Waals surface area (Å²) in [5.74, 6) is -0.290. The standard InChI is InChI=1S/C12H20BNO4/c1-11(2)12(3,4)18-13(17-11)8-6-9(14-7-8)10(15)16-5/h6,9,14H,7H2,1-5H3/t9-/m0/s1. The van der Waals surface area contributed by atoms with Gasteiger partial charge < -0.3 is 14.0 Å². The fraction of sp³-hybridized carbons (Fsp3) is 0.750. The van der Waals surface area contributed by atoms with Crippen molar-refractivity contribution in [1.82, 2.24) is 5.32 Å². The van der Waals surface area contributed by atoms with Gasteiger partial charge in [-0.2, -0.15) is 0 Å². The summed E-state index contributed by atoms with van der Waals surface area (Å²) in [4.78, 5) is 11.4. The molecule has 6 heteroatoms. The lowest BCUT2D eigenvalue weighted by molar-refractivity contribution is -0.141. The number of ether oxygens (including phenoxy) is 1. The summed E-state index contributed by atoms with van der Waals surface area (Å²) in [7, 11) is 0.988. The highest BCUT2D eigenvalue weighted by molar-refractivity contribution is 6.55. The predicted octanol–water partition coefficient (Wildman–Crippen LogP) is 0.689. The van der Waals surface area contributed by atoms with E-state index in [0.717, 1.165) is 5.47 Å². The molecule has 2 rings (SSSR count). The number of methoxy groups -OCH3 is 1. The van der Waals surface area contributed by atoms with Gasteiger partial charge >= 0.3 is 13.1 Å². The van der Waals surface area contributed by atoms with E-state index in [2.05, 4.69) is 5.32 Å². The van der Waals surface area contributed by atoms with Gasteiger partial charge in [-0.25, -0.2) is 0 Å². The van der Waals surface area contributed by atoms with Gasteiger partial charge in [0.2, 0.25) is 0 Å². The van der Waals surface area contributed by atoms with Crippen molar-refractivity contribution in [3.8, 4) is 0 Å². The van der Waals surface area contributed by atoms with Crippen LogP contribution in [-0.4, -0.2) is 44.0 Å². The normalized spacial score (nSPS) is 29.3. The van der Waals surface area contributed by atoms with Crippen LogP contribution in [0.25, 0.3) is 0 Å². The molecule has 0 unspecified atom stereocenters. The van der Waals surface area contributed by atoms with Crippen LogP contribution >= 0.6 is 0 Å². The second kappa shape index (κ2) is 4.37. The van der Waals surface area contributed by atoms with Crippen LogP contribution in [0.4, 0.5) is 0 Å². The maximum Gasteiger partial charge on any atom is 0.491 e. The Kier molecular flexibility index (Phi) is 3.29. The molecule has 0 radical (unpaired) electrons. The van der Waals surface area contributed by atoms with Gasteiger partial charge in [0.25, 0.3) is 0 Å². The monoisotopic (exact) mass is 253 g/mol. The molecular formula is C12H20BNO4. The maximum atomic E-state index is 11.4. The number of carbonyl (C=O) groups is 1. The first-order valence-corrected chi connectivity index (χ1v) is 6.14. The molecule has 1 N–H and O–H groups in total. The summed E-state index contributed by atoms with van der Waals surface area (Å²) in [6, 6.07) is -0.399. The summed E-state index contributed by atoms with van der Waals surface area (Å²) < 4.78 is 16.6. The minimum Gasteiger partial charge on any atom is -0.468 e. The Bertz CT molecular complexity index is 376. The van der Waals surface area contributed by atoms with Gasteiger partial charge in [0.1, 0.15) is 6.04 Å². The molecule has 2 aliphatic heterocycles. The van der Waals surface area contributed by atoms with Crippen LogP contribution in [0.5, 0.6) is 0 Å². The van der Waals surface area contributed by atoms with Crippen LogP contribution in [0, 0.1) is 0 Å². The summed E-state index contributed by atoms with van der Waals surface area (Å²) in [6.45, 7) is 8.61. The SMILES string of the molecule is COC(=O)[C@@H]1C=C(B2OC(C)(C)C(C)(C)O2)CN1. The molecule has 0 spiro atoms. The second-order valence-corrected chi connectivity index (χ2v) is 5.71. The fourth-order valence-electron chi connectivity index (χ4n) is 1.99. The van der Waals surface area contributed by atoms with E-state index < -0.39 is 13.2 Å². The van der Waals surface area contributed by atoms with Gasteiger partial charge in [-0.15, -0.1) is 0 Å². The van der Waals surface area contributed by atoms with Crippen LogP contribution in [0.3, 0.4) is 0 Å². The van der Waals surface area contributed by atoms with E-state index in [1.165, 1.54) is 7.11 Å². The first kappa shape index (κ1) is 13.6. The molecule has 0 aromatic heterocycles. The molecule has 1 saturated heterocycles. The number of carbonyl (C=O) groups excluding carboxylic acids is 1. The lowest BCUT2D eigenvalue weighted by Crippen LogP contribution is -2.41. The number of hydrogen-bond acceptors (Lipinski definition) is 5. The number of esters is 1. The van der Waals surface area contributed by atoms with Crippen LogP contribution in [0.2, 0.25) is 0 Å². The second-order valence-electron chi connectivity index (χ2n) is 5.71. The van der Waals surface area contributed by atoms with Crippen molar-refractivity contribution in [2.45, 2.75) is 44.9 Å². The predicted molar refractivity (Wildman–Crippen MR) is 68.0 cm³/mol. The molecular weight excluding hydrogens is 233 g/mol. The average molecular weight is 253 g/mol. The quantitative estimate of drug-likeness (QED) is 0.579. The Morgan fingerprint density at radius 1 is 1.39 bits per heavy atom. The highest BCUT2D eigenvalue weighted by atomic mass is 16.7. The highest BCUT2D eigenvalue weighted by Crippen LogP contribution is 2.38. The largest absolute Gasteiger partial charge is 0.491 e. The Hall–Kier alpha value is -0.845. The smallest absolute Gasteiger partial charge is 0.468 e. The van der Waals surface area contributed by atoms with Crippen molar-refractivity contribution in [3.63, 3.8) is 0 Å². The number of nitrogens with one attached hydrogen (secondary N) is 1.